The summed E-state index contributed by atoms with van der Waals surface area (Å²) < 4.78 is 27.4. The fourth-order valence-corrected chi connectivity index (χ4v) is 6.12. The van der Waals surface area contributed by atoms with Gasteiger partial charge in [-0.1, -0.05) is 11.8 Å². The third-order valence-corrected chi connectivity index (χ3v) is 8.94. The summed E-state index contributed by atoms with van der Waals surface area (Å²) in [6, 6.07) is 0.244. The van der Waals surface area contributed by atoms with Crippen LogP contribution in [0.5, 0.6) is 0 Å². The van der Waals surface area contributed by atoms with Gasteiger partial charge in [0.2, 0.25) is 15.9 Å². The molecule has 1 amide bonds. The summed E-state index contributed by atoms with van der Waals surface area (Å²) >= 11 is 1.83. The number of imidazole rings is 1. The Morgan fingerprint density at radius 3 is 2.44 bits per heavy atom. The molecule has 3 rings (SSSR count). The van der Waals surface area contributed by atoms with E-state index in [2.05, 4.69) is 10.3 Å². The number of carbonyl (C=O) groups excluding carboxylic acids is 1. The molecule has 9 heteroatoms. The number of nitrogens with zero attached hydrogens (tertiary/aromatic N) is 3. The molecule has 27 heavy (non-hydrogen) atoms. The molecule has 1 aliphatic heterocycles. The first-order valence-electron chi connectivity index (χ1n) is 9.81. The largest absolute Gasteiger partial charge is 0.353 e. The molecule has 1 aliphatic carbocycles. The van der Waals surface area contributed by atoms with Gasteiger partial charge >= 0.3 is 0 Å². The van der Waals surface area contributed by atoms with Crippen molar-refractivity contribution in [3.8, 4) is 0 Å². The molecule has 1 N–H and O–H groups in total. The van der Waals surface area contributed by atoms with E-state index in [-0.39, 0.29) is 23.6 Å². The second-order valence-electron chi connectivity index (χ2n) is 7.49. The number of nitrogens with one attached hydrogen (secondary N) is 1. The normalized spacial score (nSPS) is 25.4. The standard InChI is InChI=1S/C18H30N4O3S2/c1-3-27(24,25)22-11-8-14(9-12-22)17(23)20-15-4-6-16(7-5-15)26-18-19-10-13-21(18)2/h10,13-16H,3-9,11-12H2,1-2H3,(H,20,23). The van der Waals surface area contributed by atoms with Crippen molar-refractivity contribution in [2.24, 2.45) is 13.0 Å². The second kappa shape index (κ2) is 8.96. The Morgan fingerprint density at radius 1 is 1.22 bits per heavy atom. The lowest BCUT2D eigenvalue weighted by molar-refractivity contribution is -0.127. The van der Waals surface area contributed by atoms with E-state index in [0.29, 0.717) is 31.2 Å². The number of rotatable bonds is 6. The van der Waals surface area contributed by atoms with E-state index >= 15 is 0 Å². The average Bonchev–Trinajstić information content (AvgIpc) is 3.08. The molecule has 0 aromatic carbocycles. The van der Waals surface area contributed by atoms with Crippen molar-refractivity contribution >= 4 is 27.7 Å². The van der Waals surface area contributed by atoms with Crippen LogP contribution in [0, 0.1) is 5.92 Å². The highest BCUT2D eigenvalue weighted by molar-refractivity contribution is 7.99. The van der Waals surface area contributed by atoms with Gasteiger partial charge in [-0.2, -0.15) is 0 Å². The molecule has 0 radical (unpaired) electrons. The van der Waals surface area contributed by atoms with Gasteiger partial charge in [0, 0.05) is 49.7 Å². The Hall–Kier alpha value is -1.06. The van der Waals surface area contributed by atoms with Crippen LogP contribution in [0.3, 0.4) is 0 Å². The molecule has 1 saturated carbocycles. The zero-order chi connectivity index (χ0) is 19.4. The molecule has 0 spiro atoms. The van der Waals surface area contributed by atoms with Crippen LogP contribution in [0.15, 0.2) is 17.6 Å². The average molecular weight is 415 g/mol. The molecular formula is C18H30N4O3S2. The van der Waals surface area contributed by atoms with Crippen molar-refractivity contribution < 1.29 is 13.2 Å². The van der Waals surface area contributed by atoms with Gasteiger partial charge in [-0.3, -0.25) is 4.79 Å². The Balaban J connectivity index is 1.40. The maximum atomic E-state index is 12.6. The van der Waals surface area contributed by atoms with Crippen molar-refractivity contribution in [3.05, 3.63) is 12.4 Å². The summed E-state index contributed by atoms with van der Waals surface area (Å²) in [6.07, 6.45) is 9.18. The maximum absolute atomic E-state index is 12.6. The Morgan fingerprint density at radius 2 is 1.89 bits per heavy atom. The number of amides is 1. The number of thioether (sulfide) groups is 1. The van der Waals surface area contributed by atoms with Crippen molar-refractivity contribution in [2.75, 3.05) is 18.8 Å². The summed E-state index contributed by atoms with van der Waals surface area (Å²) in [4.78, 5) is 17.0. The van der Waals surface area contributed by atoms with Crippen molar-refractivity contribution in [1.82, 2.24) is 19.2 Å². The van der Waals surface area contributed by atoms with E-state index in [4.69, 9.17) is 0 Å². The summed E-state index contributed by atoms with van der Waals surface area (Å²) in [7, 11) is -1.12. The monoisotopic (exact) mass is 414 g/mol. The molecular weight excluding hydrogens is 384 g/mol. The van der Waals surface area contributed by atoms with E-state index < -0.39 is 10.0 Å². The zero-order valence-electron chi connectivity index (χ0n) is 16.1. The van der Waals surface area contributed by atoms with Crippen LogP contribution in [-0.2, 0) is 21.9 Å². The highest BCUT2D eigenvalue weighted by atomic mass is 32.2. The van der Waals surface area contributed by atoms with Crippen LogP contribution in [0.4, 0.5) is 0 Å². The first-order chi connectivity index (χ1) is 12.9. The summed E-state index contributed by atoms with van der Waals surface area (Å²) in [5.41, 5.74) is 0. The molecule has 0 bridgehead atoms. The van der Waals surface area contributed by atoms with Gasteiger partial charge in [0.1, 0.15) is 0 Å². The van der Waals surface area contributed by atoms with E-state index in [1.54, 1.807) is 6.92 Å². The smallest absolute Gasteiger partial charge is 0.223 e. The van der Waals surface area contributed by atoms with Gasteiger partial charge in [-0.05, 0) is 45.4 Å². The summed E-state index contributed by atoms with van der Waals surface area (Å²) in [6.45, 7) is 2.58. The van der Waals surface area contributed by atoms with Gasteiger partial charge in [-0.15, -0.1) is 0 Å². The van der Waals surface area contributed by atoms with E-state index in [1.807, 2.05) is 35.8 Å². The van der Waals surface area contributed by atoms with Crippen molar-refractivity contribution in [2.45, 2.75) is 61.9 Å². The fraction of sp³-hybridized carbons (Fsp3) is 0.778. The quantitative estimate of drug-likeness (QED) is 0.770. The number of carbonyl (C=O) groups is 1. The summed E-state index contributed by atoms with van der Waals surface area (Å²) in [5, 5.41) is 4.82. The van der Waals surface area contributed by atoms with Crippen molar-refractivity contribution in [3.63, 3.8) is 0 Å². The fourth-order valence-electron chi connectivity index (χ4n) is 3.84. The van der Waals surface area contributed by atoms with Crippen LogP contribution in [0.1, 0.15) is 45.4 Å². The minimum atomic E-state index is -3.14. The number of piperidine rings is 1. The van der Waals surface area contributed by atoms with Gasteiger partial charge in [0.15, 0.2) is 5.16 Å². The maximum Gasteiger partial charge on any atom is 0.223 e. The molecule has 152 valence electrons. The molecule has 1 saturated heterocycles. The van der Waals surface area contributed by atoms with Gasteiger partial charge in [-0.25, -0.2) is 17.7 Å². The van der Waals surface area contributed by atoms with Gasteiger partial charge in [0.25, 0.3) is 0 Å². The first kappa shape index (κ1) is 20.7. The van der Waals surface area contributed by atoms with E-state index in [9.17, 15) is 13.2 Å². The van der Waals surface area contributed by atoms with Crippen molar-refractivity contribution in [1.29, 1.82) is 0 Å². The first-order valence-corrected chi connectivity index (χ1v) is 12.3. The minimum Gasteiger partial charge on any atom is -0.353 e. The predicted molar refractivity (Wildman–Crippen MR) is 107 cm³/mol. The van der Waals surface area contributed by atoms with Gasteiger partial charge < -0.3 is 9.88 Å². The number of hydrogen-bond donors (Lipinski definition) is 1. The third-order valence-electron chi connectivity index (χ3n) is 5.65. The van der Waals surface area contributed by atoms with Crippen LogP contribution in [0.2, 0.25) is 0 Å². The topological polar surface area (TPSA) is 84.3 Å². The molecule has 0 atom stereocenters. The Bertz CT molecular complexity index is 734. The van der Waals surface area contributed by atoms with E-state index in [1.165, 1.54) is 4.31 Å². The molecule has 0 unspecified atom stereocenters. The predicted octanol–water partition coefficient (Wildman–Crippen LogP) is 2.00. The highest BCUT2D eigenvalue weighted by Gasteiger charge is 2.32. The number of hydrogen-bond acceptors (Lipinski definition) is 5. The lowest BCUT2D eigenvalue weighted by Crippen LogP contribution is -2.46. The van der Waals surface area contributed by atoms with Crippen LogP contribution >= 0.6 is 11.8 Å². The third kappa shape index (κ3) is 5.26. The molecule has 7 nitrogen and oxygen atoms in total. The molecule has 2 fully saturated rings. The number of aromatic nitrogens is 2. The Labute approximate surface area is 166 Å². The molecule has 1 aromatic rings. The number of sulfonamides is 1. The van der Waals surface area contributed by atoms with Crippen LogP contribution in [0.25, 0.3) is 0 Å². The number of aryl methyl sites for hydroxylation is 1. The van der Waals surface area contributed by atoms with Crippen LogP contribution in [-0.4, -0.2) is 58.3 Å². The SMILES string of the molecule is CCS(=O)(=O)N1CCC(C(=O)NC2CCC(Sc3nccn3C)CC2)CC1. The minimum absolute atomic E-state index is 0.0621. The Kier molecular flexibility index (Phi) is 6.86. The van der Waals surface area contributed by atoms with Gasteiger partial charge in [0.05, 0.1) is 5.75 Å². The van der Waals surface area contributed by atoms with E-state index in [0.717, 1.165) is 30.8 Å². The summed E-state index contributed by atoms with van der Waals surface area (Å²) in [5.74, 6) is 0.167. The molecule has 2 aliphatic rings. The molecule has 1 aromatic heterocycles. The lowest BCUT2D eigenvalue weighted by atomic mass is 9.92. The van der Waals surface area contributed by atoms with Crippen LogP contribution < -0.4 is 5.32 Å². The zero-order valence-corrected chi connectivity index (χ0v) is 17.8. The molecule has 2 heterocycles. The highest BCUT2D eigenvalue weighted by Crippen LogP contribution is 2.33. The lowest BCUT2D eigenvalue weighted by Gasteiger charge is -2.33. The second-order valence-corrected chi connectivity index (χ2v) is 11.0.